The maximum absolute atomic E-state index is 10.7. The van der Waals surface area contributed by atoms with Crippen molar-refractivity contribution in [2.45, 2.75) is 53.4 Å². The highest BCUT2D eigenvalue weighted by atomic mass is 16.3. The zero-order valence-electron chi connectivity index (χ0n) is 11.9. The highest BCUT2D eigenvalue weighted by Gasteiger charge is 2.22. The molecule has 0 heterocycles. The molecule has 0 rings (SSSR count). The third-order valence-electron chi connectivity index (χ3n) is 2.83. The summed E-state index contributed by atoms with van der Waals surface area (Å²) in [5.74, 6) is 0.611. The predicted octanol–water partition coefficient (Wildman–Crippen LogP) is 4.31. The monoisotopic (exact) mass is 254 g/mol. The average molecular weight is 254 g/mol. The summed E-state index contributed by atoms with van der Waals surface area (Å²) in [6.45, 7) is 7.58. The molecule has 104 valence electrons. The smallest absolute Gasteiger partial charge is 0.133 e. The second-order valence-electron chi connectivity index (χ2n) is 5.68. The van der Waals surface area contributed by atoms with Gasteiger partial charge in [-0.05, 0) is 38.7 Å². The molecule has 0 saturated heterocycles. The topological polar surface area (TPSA) is 57.5 Å². The van der Waals surface area contributed by atoms with Gasteiger partial charge in [0.15, 0.2) is 0 Å². The van der Waals surface area contributed by atoms with Crippen LogP contribution in [0.3, 0.4) is 0 Å². The van der Waals surface area contributed by atoms with Crippen LogP contribution in [0.15, 0.2) is 23.7 Å². The number of carbonyl (C=O) groups is 1. The Labute approximate surface area is 110 Å². The first kappa shape index (κ1) is 16.8. The lowest BCUT2D eigenvalue weighted by Crippen LogP contribution is -2.16. The van der Waals surface area contributed by atoms with E-state index in [1.165, 1.54) is 12.5 Å². The Morgan fingerprint density at radius 2 is 1.83 bits per heavy atom. The van der Waals surface area contributed by atoms with Crippen molar-refractivity contribution >= 4 is 6.29 Å². The van der Waals surface area contributed by atoms with Gasteiger partial charge in [0.2, 0.25) is 0 Å². The molecular weight excluding hydrogens is 228 g/mol. The molecule has 0 aliphatic rings. The molecular formula is C15H26O3. The second kappa shape index (κ2) is 7.96. The Morgan fingerprint density at radius 3 is 2.33 bits per heavy atom. The van der Waals surface area contributed by atoms with Gasteiger partial charge in [-0.15, -0.1) is 0 Å². The van der Waals surface area contributed by atoms with E-state index in [1.807, 2.05) is 0 Å². The zero-order valence-corrected chi connectivity index (χ0v) is 11.9. The van der Waals surface area contributed by atoms with Crippen LogP contribution in [0.2, 0.25) is 0 Å². The van der Waals surface area contributed by atoms with Crippen LogP contribution in [0.1, 0.15) is 53.4 Å². The number of aliphatic hydroxyl groups excluding tert-OH is 2. The van der Waals surface area contributed by atoms with Gasteiger partial charge >= 0.3 is 0 Å². The van der Waals surface area contributed by atoms with Crippen molar-refractivity contribution in [1.29, 1.82) is 0 Å². The van der Waals surface area contributed by atoms with E-state index >= 15 is 0 Å². The first-order chi connectivity index (χ1) is 8.29. The normalized spacial score (nSPS) is 14.1. The molecule has 0 aliphatic carbocycles. The van der Waals surface area contributed by atoms with Gasteiger partial charge in [0, 0.05) is 6.08 Å². The molecule has 0 aliphatic heterocycles. The maximum Gasteiger partial charge on any atom is 0.133 e. The number of rotatable bonds is 8. The summed E-state index contributed by atoms with van der Waals surface area (Å²) in [4.78, 5) is 10.7. The molecule has 0 atom stereocenters. The van der Waals surface area contributed by atoms with Gasteiger partial charge in [-0.3, -0.25) is 0 Å². The number of carbonyl (C=O) groups excluding carboxylic acids is 1. The summed E-state index contributed by atoms with van der Waals surface area (Å²) in [6, 6.07) is 0. The van der Waals surface area contributed by atoms with Crippen LogP contribution in [0.4, 0.5) is 0 Å². The third-order valence-corrected chi connectivity index (χ3v) is 2.83. The Kier molecular flexibility index (Phi) is 7.41. The molecule has 0 spiro atoms. The number of aldehydes is 1. The van der Waals surface area contributed by atoms with Crippen LogP contribution >= 0.6 is 0 Å². The SMILES string of the molecule is CC(C)CCCC/C=C(O)\C=C(\O)C(C)(C)C=O. The van der Waals surface area contributed by atoms with E-state index in [-0.39, 0.29) is 11.5 Å². The van der Waals surface area contributed by atoms with E-state index in [0.717, 1.165) is 19.3 Å². The van der Waals surface area contributed by atoms with E-state index in [9.17, 15) is 15.0 Å². The van der Waals surface area contributed by atoms with E-state index in [1.54, 1.807) is 19.9 Å². The lowest BCUT2D eigenvalue weighted by atomic mass is 9.92. The summed E-state index contributed by atoms with van der Waals surface area (Å²) in [6.07, 6.45) is 7.71. The van der Waals surface area contributed by atoms with Crippen LogP contribution in [0.25, 0.3) is 0 Å². The van der Waals surface area contributed by atoms with Gasteiger partial charge < -0.3 is 15.0 Å². The number of allylic oxidation sites excluding steroid dienone is 3. The van der Waals surface area contributed by atoms with Crippen molar-refractivity contribution in [2.24, 2.45) is 11.3 Å². The predicted molar refractivity (Wildman–Crippen MR) is 74.6 cm³/mol. The second-order valence-corrected chi connectivity index (χ2v) is 5.68. The zero-order chi connectivity index (χ0) is 14.2. The van der Waals surface area contributed by atoms with Gasteiger partial charge in [0.25, 0.3) is 0 Å². The molecule has 2 N–H and O–H groups in total. The van der Waals surface area contributed by atoms with Gasteiger partial charge in [-0.1, -0.05) is 26.7 Å². The van der Waals surface area contributed by atoms with E-state index in [4.69, 9.17) is 0 Å². The minimum absolute atomic E-state index is 0.0203. The highest BCUT2D eigenvalue weighted by Crippen LogP contribution is 2.21. The Hall–Kier alpha value is -1.25. The van der Waals surface area contributed by atoms with Crippen molar-refractivity contribution in [2.75, 3.05) is 0 Å². The molecule has 0 fully saturated rings. The third kappa shape index (κ3) is 7.15. The van der Waals surface area contributed by atoms with Crippen LogP contribution in [-0.4, -0.2) is 16.5 Å². The van der Waals surface area contributed by atoms with Crippen molar-refractivity contribution in [3.05, 3.63) is 23.7 Å². The fraction of sp³-hybridized carbons (Fsp3) is 0.667. The summed E-state index contributed by atoms with van der Waals surface area (Å²) in [5.41, 5.74) is -0.945. The van der Waals surface area contributed by atoms with Crippen molar-refractivity contribution < 1.29 is 15.0 Å². The fourth-order valence-corrected chi connectivity index (χ4v) is 1.39. The molecule has 3 nitrogen and oxygen atoms in total. The first-order valence-corrected chi connectivity index (χ1v) is 6.56. The van der Waals surface area contributed by atoms with Gasteiger partial charge in [-0.2, -0.15) is 0 Å². The lowest BCUT2D eigenvalue weighted by Gasteiger charge is -2.15. The quantitative estimate of drug-likeness (QED) is 0.294. The first-order valence-electron chi connectivity index (χ1n) is 6.56. The fourth-order valence-electron chi connectivity index (χ4n) is 1.39. The highest BCUT2D eigenvalue weighted by molar-refractivity contribution is 5.62. The lowest BCUT2D eigenvalue weighted by molar-refractivity contribution is -0.114. The molecule has 0 aromatic heterocycles. The van der Waals surface area contributed by atoms with Gasteiger partial charge in [-0.25, -0.2) is 0 Å². The summed E-state index contributed by atoms with van der Waals surface area (Å²) in [7, 11) is 0. The summed E-state index contributed by atoms with van der Waals surface area (Å²) in [5, 5.41) is 19.2. The van der Waals surface area contributed by atoms with Crippen molar-refractivity contribution in [1.82, 2.24) is 0 Å². The number of hydrogen-bond acceptors (Lipinski definition) is 3. The van der Waals surface area contributed by atoms with Crippen LogP contribution in [-0.2, 0) is 4.79 Å². The summed E-state index contributed by atoms with van der Waals surface area (Å²) >= 11 is 0. The Balaban J connectivity index is 4.19. The average Bonchev–Trinajstić information content (AvgIpc) is 2.27. The maximum atomic E-state index is 10.7. The van der Waals surface area contributed by atoms with Gasteiger partial charge in [0.05, 0.1) is 5.41 Å². The van der Waals surface area contributed by atoms with Crippen LogP contribution in [0, 0.1) is 11.3 Å². The van der Waals surface area contributed by atoms with Crippen molar-refractivity contribution in [3.8, 4) is 0 Å². The summed E-state index contributed by atoms with van der Waals surface area (Å²) < 4.78 is 0. The molecule has 0 radical (unpaired) electrons. The molecule has 3 heteroatoms. The molecule has 0 unspecified atom stereocenters. The minimum Gasteiger partial charge on any atom is -0.511 e. The van der Waals surface area contributed by atoms with Gasteiger partial charge in [0.1, 0.15) is 17.8 Å². The Morgan fingerprint density at radius 1 is 1.22 bits per heavy atom. The molecule has 0 aromatic rings. The van der Waals surface area contributed by atoms with E-state index in [0.29, 0.717) is 12.2 Å². The molecule has 0 bridgehead atoms. The number of hydrogen-bond donors (Lipinski definition) is 2. The largest absolute Gasteiger partial charge is 0.511 e. The molecule has 18 heavy (non-hydrogen) atoms. The molecule has 0 aromatic carbocycles. The van der Waals surface area contributed by atoms with E-state index < -0.39 is 5.41 Å². The van der Waals surface area contributed by atoms with Crippen LogP contribution in [0.5, 0.6) is 0 Å². The van der Waals surface area contributed by atoms with Crippen LogP contribution < -0.4 is 0 Å². The Bertz CT molecular complexity index is 312. The molecule has 0 saturated carbocycles. The number of aliphatic hydroxyl groups is 2. The number of unbranched alkanes of at least 4 members (excludes halogenated alkanes) is 2. The standard InChI is InChI=1S/C15H26O3/c1-12(2)8-6-5-7-9-13(17)10-14(18)15(3,4)11-16/h9-12,17-18H,5-8H2,1-4H3/b13-9+,14-10+. The van der Waals surface area contributed by atoms with E-state index in [2.05, 4.69) is 13.8 Å². The van der Waals surface area contributed by atoms with Crippen molar-refractivity contribution in [3.63, 3.8) is 0 Å². The molecule has 0 amide bonds. The minimum atomic E-state index is -0.945.